The first kappa shape index (κ1) is 18.2. The minimum atomic E-state index is -0.494. The molecule has 0 radical (unpaired) electrons. The molecule has 0 N–H and O–H groups in total. The van der Waals surface area contributed by atoms with Crippen LogP contribution < -0.4 is 4.74 Å². The first-order chi connectivity index (χ1) is 14.0. The van der Waals surface area contributed by atoms with Crippen LogP contribution in [0, 0.1) is 19.7 Å². The molecule has 0 unspecified atom stereocenters. The van der Waals surface area contributed by atoms with Crippen LogP contribution in [-0.2, 0) is 0 Å². The van der Waals surface area contributed by atoms with E-state index in [0.717, 1.165) is 34.6 Å². The van der Waals surface area contributed by atoms with Gasteiger partial charge in [-0.15, -0.1) is 0 Å². The normalized spacial score (nSPS) is 20.0. The van der Waals surface area contributed by atoms with Crippen molar-refractivity contribution in [3.05, 3.63) is 99.3 Å². The van der Waals surface area contributed by atoms with Crippen molar-refractivity contribution in [1.82, 2.24) is 5.01 Å². The SMILES string of the molecule is Cc1ccc(C)c(C2=NN3[C@@H](C2)c2cc(Cl)ccc2O[C@H]3c2cccc(F)c2)c1. The van der Waals surface area contributed by atoms with Gasteiger partial charge in [0, 0.05) is 28.1 Å². The summed E-state index contributed by atoms with van der Waals surface area (Å²) in [6, 6.07) is 18.5. The van der Waals surface area contributed by atoms with E-state index in [1.807, 2.05) is 29.3 Å². The van der Waals surface area contributed by atoms with Gasteiger partial charge in [0.25, 0.3) is 0 Å². The largest absolute Gasteiger partial charge is 0.464 e. The van der Waals surface area contributed by atoms with Gasteiger partial charge in [0.15, 0.2) is 0 Å². The van der Waals surface area contributed by atoms with E-state index >= 15 is 0 Å². The van der Waals surface area contributed by atoms with Gasteiger partial charge in [0.05, 0.1) is 11.8 Å². The van der Waals surface area contributed by atoms with Crippen molar-refractivity contribution in [2.75, 3.05) is 0 Å². The lowest BCUT2D eigenvalue weighted by Gasteiger charge is -2.38. The van der Waals surface area contributed by atoms with E-state index in [2.05, 4.69) is 32.0 Å². The monoisotopic (exact) mass is 406 g/mol. The van der Waals surface area contributed by atoms with E-state index in [1.54, 1.807) is 6.07 Å². The summed E-state index contributed by atoms with van der Waals surface area (Å²) in [5.41, 5.74) is 6.27. The molecule has 5 heteroatoms. The Morgan fingerprint density at radius 2 is 1.93 bits per heavy atom. The molecule has 0 bridgehead atoms. The predicted octanol–water partition coefficient (Wildman–Crippen LogP) is 6.34. The average Bonchev–Trinajstić information content (AvgIpc) is 3.15. The minimum absolute atomic E-state index is 0.0133. The number of halogens is 2. The molecule has 0 aliphatic carbocycles. The molecule has 3 aromatic carbocycles. The molecular weight excluding hydrogens is 387 g/mol. The Hall–Kier alpha value is -2.85. The van der Waals surface area contributed by atoms with Gasteiger partial charge in [-0.3, -0.25) is 0 Å². The van der Waals surface area contributed by atoms with E-state index in [0.29, 0.717) is 5.02 Å². The third kappa shape index (κ3) is 3.18. The van der Waals surface area contributed by atoms with Crippen LogP contribution in [0.15, 0.2) is 65.8 Å². The molecule has 3 aromatic rings. The summed E-state index contributed by atoms with van der Waals surface area (Å²) in [5, 5.41) is 7.57. The van der Waals surface area contributed by atoms with Crippen LogP contribution in [-0.4, -0.2) is 10.7 Å². The quantitative estimate of drug-likeness (QED) is 0.496. The van der Waals surface area contributed by atoms with Crippen LogP contribution in [0.2, 0.25) is 5.02 Å². The number of hydrazone groups is 1. The highest BCUT2D eigenvalue weighted by Gasteiger charge is 2.41. The smallest absolute Gasteiger partial charge is 0.213 e. The van der Waals surface area contributed by atoms with Gasteiger partial charge < -0.3 is 4.74 Å². The fourth-order valence-electron chi connectivity index (χ4n) is 4.15. The van der Waals surface area contributed by atoms with Crippen molar-refractivity contribution in [1.29, 1.82) is 0 Å². The summed E-state index contributed by atoms with van der Waals surface area (Å²) in [6.07, 6.45) is 0.249. The molecule has 0 saturated heterocycles. The number of hydrogen-bond acceptors (Lipinski definition) is 3. The van der Waals surface area contributed by atoms with Crippen LogP contribution >= 0.6 is 11.6 Å². The number of hydrogen-bond donors (Lipinski definition) is 0. The van der Waals surface area contributed by atoms with Gasteiger partial charge in [-0.25, -0.2) is 9.40 Å². The average molecular weight is 407 g/mol. The number of ether oxygens (including phenoxy) is 1. The zero-order valence-corrected chi connectivity index (χ0v) is 16.9. The maximum absolute atomic E-state index is 13.9. The fraction of sp³-hybridized carbons (Fsp3) is 0.208. The molecule has 29 heavy (non-hydrogen) atoms. The summed E-state index contributed by atoms with van der Waals surface area (Å²) in [6.45, 7) is 4.18. The molecule has 2 aliphatic rings. The summed E-state index contributed by atoms with van der Waals surface area (Å²) >= 11 is 6.28. The van der Waals surface area contributed by atoms with Gasteiger partial charge >= 0.3 is 0 Å². The lowest BCUT2D eigenvalue weighted by Crippen LogP contribution is -2.33. The van der Waals surface area contributed by atoms with E-state index in [1.165, 1.54) is 23.3 Å². The first-order valence-electron chi connectivity index (χ1n) is 9.64. The van der Waals surface area contributed by atoms with E-state index in [9.17, 15) is 4.39 Å². The summed E-state index contributed by atoms with van der Waals surface area (Å²) in [7, 11) is 0. The summed E-state index contributed by atoms with van der Waals surface area (Å²) < 4.78 is 20.2. The van der Waals surface area contributed by atoms with Crippen LogP contribution in [0.1, 0.15) is 46.5 Å². The number of benzene rings is 3. The Morgan fingerprint density at radius 1 is 1.07 bits per heavy atom. The first-order valence-corrected chi connectivity index (χ1v) is 10.0. The second-order valence-corrected chi connectivity index (χ2v) is 8.11. The van der Waals surface area contributed by atoms with Crippen molar-refractivity contribution in [2.24, 2.45) is 5.10 Å². The fourth-order valence-corrected chi connectivity index (χ4v) is 4.33. The Balaban J connectivity index is 1.64. The Kier molecular flexibility index (Phi) is 4.32. The minimum Gasteiger partial charge on any atom is -0.464 e. The second kappa shape index (κ2) is 6.89. The van der Waals surface area contributed by atoms with Gasteiger partial charge in [-0.1, -0.05) is 41.4 Å². The Bertz CT molecular complexity index is 1140. The molecule has 0 amide bonds. The van der Waals surface area contributed by atoms with E-state index in [4.69, 9.17) is 21.4 Å². The Labute approximate surface area is 174 Å². The third-order valence-corrected chi connectivity index (χ3v) is 5.82. The maximum atomic E-state index is 13.9. The Morgan fingerprint density at radius 3 is 2.76 bits per heavy atom. The maximum Gasteiger partial charge on any atom is 0.213 e. The zero-order valence-electron chi connectivity index (χ0n) is 16.2. The highest BCUT2D eigenvalue weighted by atomic mass is 35.5. The van der Waals surface area contributed by atoms with Crippen molar-refractivity contribution in [2.45, 2.75) is 32.5 Å². The topological polar surface area (TPSA) is 24.8 Å². The highest BCUT2D eigenvalue weighted by Crippen LogP contribution is 2.48. The van der Waals surface area contributed by atoms with Gasteiger partial charge in [0.2, 0.25) is 6.23 Å². The summed E-state index contributed by atoms with van der Waals surface area (Å²) in [5.74, 6) is 0.477. The van der Waals surface area contributed by atoms with Crippen molar-refractivity contribution < 1.29 is 9.13 Å². The van der Waals surface area contributed by atoms with Crippen LogP contribution in [0.4, 0.5) is 4.39 Å². The zero-order chi connectivity index (χ0) is 20.1. The number of nitrogens with zero attached hydrogens (tertiary/aromatic N) is 2. The van der Waals surface area contributed by atoms with E-state index < -0.39 is 6.23 Å². The second-order valence-electron chi connectivity index (χ2n) is 7.67. The van der Waals surface area contributed by atoms with Crippen molar-refractivity contribution >= 4 is 17.3 Å². The molecule has 2 aliphatic heterocycles. The molecule has 5 rings (SSSR count). The molecule has 2 heterocycles. The van der Waals surface area contributed by atoms with Crippen molar-refractivity contribution in [3.63, 3.8) is 0 Å². The predicted molar refractivity (Wildman–Crippen MR) is 113 cm³/mol. The molecule has 0 saturated carbocycles. The number of aryl methyl sites for hydroxylation is 2. The van der Waals surface area contributed by atoms with Crippen LogP contribution in [0.5, 0.6) is 5.75 Å². The number of rotatable bonds is 2. The highest BCUT2D eigenvalue weighted by molar-refractivity contribution is 6.30. The molecule has 0 fully saturated rings. The summed E-state index contributed by atoms with van der Waals surface area (Å²) in [4.78, 5) is 0. The molecule has 146 valence electrons. The molecule has 0 aromatic heterocycles. The molecule has 2 atom stereocenters. The molecular formula is C24H20ClFN2O. The lowest BCUT2D eigenvalue weighted by atomic mass is 9.93. The number of fused-ring (bicyclic) bond motifs is 3. The van der Waals surface area contributed by atoms with Crippen LogP contribution in [0.3, 0.4) is 0 Å². The van der Waals surface area contributed by atoms with Gasteiger partial charge in [-0.2, -0.15) is 5.10 Å². The standard InChI is InChI=1S/C24H20ClFN2O/c1-14-6-7-15(2)19(10-14)21-13-22-20-12-17(25)8-9-23(20)29-24(28(22)27-21)16-4-3-5-18(26)11-16/h3-12,22,24H,13H2,1-2H3/t22-,24-/m0/s1. The van der Waals surface area contributed by atoms with Crippen molar-refractivity contribution in [3.8, 4) is 5.75 Å². The van der Waals surface area contributed by atoms with Gasteiger partial charge in [-0.05, 0) is 55.8 Å². The molecule has 3 nitrogen and oxygen atoms in total. The molecule has 0 spiro atoms. The van der Waals surface area contributed by atoms with Crippen LogP contribution in [0.25, 0.3) is 0 Å². The third-order valence-electron chi connectivity index (χ3n) is 5.59. The lowest BCUT2D eigenvalue weighted by molar-refractivity contribution is -0.0192. The van der Waals surface area contributed by atoms with E-state index in [-0.39, 0.29) is 11.9 Å². The van der Waals surface area contributed by atoms with Gasteiger partial charge in [0.1, 0.15) is 11.6 Å².